The minimum absolute atomic E-state index is 0.117. The van der Waals surface area contributed by atoms with Gasteiger partial charge in [-0.1, -0.05) is 24.8 Å². The molecule has 0 unspecified atom stereocenters. The molecule has 1 amide bonds. The molecule has 0 fully saturated rings. The van der Waals surface area contributed by atoms with Crippen LogP contribution in [0.15, 0.2) is 30.9 Å². The average Bonchev–Trinajstić information content (AvgIpc) is 2.95. The van der Waals surface area contributed by atoms with Crippen LogP contribution in [-0.2, 0) is 24.2 Å². The summed E-state index contributed by atoms with van der Waals surface area (Å²) in [5.74, 6) is -0.117. The van der Waals surface area contributed by atoms with Crippen LogP contribution in [0, 0.1) is 16.7 Å². The molecule has 1 aliphatic carbocycles. The summed E-state index contributed by atoms with van der Waals surface area (Å²) in [6.07, 6.45) is 4.73. The van der Waals surface area contributed by atoms with Crippen LogP contribution >= 0.6 is 0 Å². The van der Waals surface area contributed by atoms with Crippen molar-refractivity contribution in [2.45, 2.75) is 39.7 Å². The highest BCUT2D eigenvalue weighted by atomic mass is 16.2. The van der Waals surface area contributed by atoms with Gasteiger partial charge in [0.1, 0.15) is 0 Å². The van der Waals surface area contributed by atoms with Crippen LogP contribution in [0.5, 0.6) is 0 Å². The highest BCUT2D eigenvalue weighted by Gasteiger charge is 2.25. The average molecular weight is 282 g/mol. The second-order valence-electron chi connectivity index (χ2n) is 6.30. The zero-order valence-corrected chi connectivity index (χ0v) is 12.9. The van der Waals surface area contributed by atoms with E-state index in [1.54, 1.807) is 4.90 Å². The molecule has 1 aromatic rings. The predicted molar refractivity (Wildman–Crippen MR) is 83.5 cm³/mol. The van der Waals surface area contributed by atoms with Gasteiger partial charge in [0.2, 0.25) is 5.91 Å². The van der Waals surface area contributed by atoms with E-state index in [-0.39, 0.29) is 5.91 Å². The zero-order valence-electron chi connectivity index (χ0n) is 12.9. The van der Waals surface area contributed by atoms with E-state index in [2.05, 4.69) is 30.8 Å². The number of nitrogens with zero attached hydrogens (tertiary/aromatic N) is 2. The Balaban J connectivity index is 2.24. The minimum Gasteiger partial charge on any atom is -0.333 e. The summed E-state index contributed by atoms with van der Waals surface area (Å²) in [5, 5.41) is 9.20. The molecule has 3 nitrogen and oxygen atoms in total. The Hall–Kier alpha value is -2.08. The maximum Gasteiger partial charge on any atom is 0.246 e. The lowest BCUT2D eigenvalue weighted by molar-refractivity contribution is -0.127. The van der Waals surface area contributed by atoms with E-state index in [1.165, 1.54) is 29.2 Å². The maximum absolute atomic E-state index is 12.1. The second-order valence-corrected chi connectivity index (χ2v) is 6.30. The van der Waals surface area contributed by atoms with Gasteiger partial charge in [0.25, 0.3) is 0 Å². The molecule has 110 valence electrons. The number of fused-ring (bicyclic) bond motifs is 1. The van der Waals surface area contributed by atoms with Crippen molar-refractivity contribution < 1.29 is 4.79 Å². The number of carbonyl (C=O) groups excluding carboxylic acids is 1. The van der Waals surface area contributed by atoms with Crippen molar-refractivity contribution in [3.05, 3.63) is 47.5 Å². The molecule has 21 heavy (non-hydrogen) atoms. The Labute approximate surface area is 126 Å². The third-order valence-corrected chi connectivity index (χ3v) is 3.98. The van der Waals surface area contributed by atoms with Gasteiger partial charge in [-0.3, -0.25) is 4.79 Å². The maximum atomic E-state index is 12.1. The van der Waals surface area contributed by atoms with Gasteiger partial charge in [-0.05, 0) is 55.9 Å². The molecule has 1 aromatic carbocycles. The highest BCUT2D eigenvalue weighted by molar-refractivity contribution is 5.87. The molecule has 0 saturated carbocycles. The fourth-order valence-corrected chi connectivity index (χ4v) is 2.91. The van der Waals surface area contributed by atoms with Crippen molar-refractivity contribution in [3.8, 4) is 6.07 Å². The summed E-state index contributed by atoms with van der Waals surface area (Å²) in [4.78, 5) is 13.8. The number of rotatable bonds is 5. The van der Waals surface area contributed by atoms with Crippen LogP contribution in [0.2, 0.25) is 0 Å². The number of hydrogen-bond acceptors (Lipinski definition) is 2. The van der Waals surface area contributed by atoms with Gasteiger partial charge in [0.15, 0.2) is 0 Å². The first-order chi connectivity index (χ1) is 9.96. The number of carbonyl (C=O) groups is 1. The summed E-state index contributed by atoms with van der Waals surface area (Å²) < 4.78 is 0. The summed E-state index contributed by atoms with van der Waals surface area (Å²) in [6, 6.07) is 8.58. The molecule has 2 rings (SSSR count). The normalized spacial score (nSPS) is 13.4. The summed E-state index contributed by atoms with van der Waals surface area (Å²) in [6.45, 7) is 8.25. The molecule has 0 radical (unpaired) electrons. The van der Waals surface area contributed by atoms with E-state index >= 15 is 0 Å². The van der Waals surface area contributed by atoms with E-state index in [9.17, 15) is 10.1 Å². The molecule has 0 spiro atoms. The molecule has 3 heteroatoms. The largest absolute Gasteiger partial charge is 0.333 e. The number of benzene rings is 1. The Morgan fingerprint density at radius 2 is 2.24 bits per heavy atom. The Morgan fingerprint density at radius 3 is 2.90 bits per heavy atom. The molecule has 0 saturated heterocycles. The lowest BCUT2D eigenvalue weighted by Gasteiger charge is -2.28. The van der Waals surface area contributed by atoms with Gasteiger partial charge in [-0.25, -0.2) is 0 Å². The van der Waals surface area contributed by atoms with E-state index in [4.69, 9.17) is 0 Å². The van der Waals surface area contributed by atoms with Crippen LogP contribution in [0.3, 0.4) is 0 Å². The van der Waals surface area contributed by atoms with E-state index in [0.29, 0.717) is 13.1 Å². The predicted octanol–water partition coefficient (Wildman–Crippen LogP) is 3.24. The minimum atomic E-state index is -0.559. The van der Waals surface area contributed by atoms with Crippen molar-refractivity contribution in [2.75, 3.05) is 6.54 Å². The lowest BCUT2D eigenvalue weighted by atomic mass is 9.94. The van der Waals surface area contributed by atoms with Crippen LogP contribution in [0.4, 0.5) is 0 Å². The summed E-state index contributed by atoms with van der Waals surface area (Å²) in [7, 11) is 0. The quantitative estimate of drug-likeness (QED) is 0.778. The van der Waals surface area contributed by atoms with Crippen LogP contribution in [0.1, 0.15) is 37.0 Å². The van der Waals surface area contributed by atoms with Crippen LogP contribution < -0.4 is 0 Å². The van der Waals surface area contributed by atoms with Gasteiger partial charge in [-0.15, -0.1) is 0 Å². The molecule has 1 aliphatic rings. The van der Waals surface area contributed by atoms with Gasteiger partial charge in [0, 0.05) is 13.1 Å². The van der Waals surface area contributed by atoms with Crippen LogP contribution in [-0.4, -0.2) is 17.4 Å². The Bertz CT molecular complexity index is 596. The monoisotopic (exact) mass is 282 g/mol. The van der Waals surface area contributed by atoms with Gasteiger partial charge in [0.05, 0.1) is 11.5 Å². The van der Waals surface area contributed by atoms with Gasteiger partial charge in [-0.2, -0.15) is 5.26 Å². The zero-order chi connectivity index (χ0) is 15.5. The van der Waals surface area contributed by atoms with E-state index < -0.39 is 5.41 Å². The van der Waals surface area contributed by atoms with Gasteiger partial charge < -0.3 is 4.90 Å². The number of hydrogen-bond donors (Lipinski definition) is 0. The molecule has 0 aliphatic heterocycles. The molecule has 0 heterocycles. The first-order valence-corrected chi connectivity index (χ1v) is 7.39. The first kappa shape index (κ1) is 15.3. The third kappa shape index (κ3) is 3.52. The van der Waals surface area contributed by atoms with Crippen molar-refractivity contribution in [1.29, 1.82) is 5.26 Å². The van der Waals surface area contributed by atoms with Crippen molar-refractivity contribution in [1.82, 2.24) is 4.90 Å². The highest BCUT2D eigenvalue weighted by Crippen LogP contribution is 2.27. The lowest BCUT2D eigenvalue weighted by Crippen LogP contribution is -2.37. The van der Waals surface area contributed by atoms with Gasteiger partial charge >= 0.3 is 0 Å². The van der Waals surface area contributed by atoms with Crippen molar-refractivity contribution in [3.63, 3.8) is 0 Å². The first-order valence-electron chi connectivity index (χ1n) is 7.39. The van der Waals surface area contributed by atoms with Crippen molar-refractivity contribution in [2.24, 2.45) is 5.41 Å². The standard InChI is InChI=1S/C18H22N2O/c1-4-17(21)20(13-18(2,3)12-19)11-15-9-5-7-14-8-6-10-16(14)15/h4-5,7,9H,1,6,8,10-11,13H2,2-3H3. The summed E-state index contributed by atoms with van der Waals surface area (Å²) >= 11 is 0. The van der Waals surface area contributed by atoms with E-state index in [1.807, 2.05) is 13.8 Å². The molecular formula is C18H22N2O. The smallest absolute Gasteiger partial charge is 0.246 e. The number of aryl methyl sites for hydroxylation is 1. The fourth-order valence-electron chi connectivity index (χ4n) is 2.91. The Kier molecular flexibility index (Phi) is 4.47. The molecule has 0 aromatic heterocycles. The summed E-state index contributed by atoms with van der Waals surface area (Å²) in [5.41, 5.74) is 3.43. The Morgan fingerprint density at radius 1 is 1.48 bits per heavy atom. The SMILES string of the molecule is C=CC(=O)N(Cc1cccc2c1CCC2)CC(C)(C)C#N. The van der Waals surface area contributed by atoms with Crippen LogP contribution in [0.25, 0.3) is 0 Å². The van der Waals surface area contributed by atoms with Crippen molar-refractivity contribution >= 4 is 5.91 Å². The fraction of sp³-hybridized carbons (Fsp3) is 0.444. The molecule has 0 atom stereocenters. The van der Waals surface area contributed by atoms with E-state index in [0.717, 1.165) is 12.8 Å². The number of nitriles is 1. The molecule has 0 bridgehead atoms. The molecular weight excluding hydrogens is 260 g/mol. The third-order valence-electron chi connectivity index (χ3n) is 3.98. The second kappa shape index (κ2) is 6.13. The number of amides is 1. The topological polar surface area (TPSA) is 44.1 Å². The molecule has 0 N–H and O–H groups in total.